The van der Waals surface area contributed by atoms with Gasteiger partial charge in [-0.05, 0) is 34.5 Å². The van der Waals surface area contributed by atoms with Crippen molar-refractivity contribution in [3.63, 3.8) is 0 Å². The molecule has 94 valence electrons. The minimum absolute atomic E-state index is 0.399. The molecule has 0 nitrogen and oxygen atoms in total. The molecule has 18 heavy (non-hydrogen) atoms. The van der Waals surface area contributed by atoms with Crippen LogP contribution in [0.1, 0.15) is 5.56 Å². The van der Waals surface area contributed by atoms with Crippen molar-refractivity contribution in [3.8, 4) is 0 Å². The highest BCUT2D eigenvalue weighted by atomic mass is 79.9. The van der Waals surface area contributed by atoms with Gasteiger partial charge in [0.2, 0.25) is 0 Å². The molecule has 0 saturated heterocycles. The van der Waals surface area contributed by atoms with Crippen LogP contribution in [0.25, 0.3) is 16.8 Å². The molecule has 2 rings (SSSR count). The van der Waals surface area contributed by atoms with Gasteiger partial charge < -0.3 is 0 Å². The largest absolute Gasteiger partial charge is 0.426 e. The molecule has 0 fully saturated rings. The molecular formula is C13H7BrClF3. The fourth-order valence-electron chi connectivity index (χ4n) is 1.56. The Labute approximate surface area is 115 Å². The molecule has 0 aliphatic rings. The third kappa shape index (κ3) is 2.87. The van der Waals surface area contributed by atoms with Gasteiger partial charge in [-0.3, -0.25) is 0 Å². The second kappa shape index (κ2) is 4.94. The predicted molar refractivity (Wildman–Crippen MR) is 71.5 cm³/mol. The van der Waals surface area contributed by atoms with Gasteiger partial charge in [0.25, 0.3) is 0 Å². The second-order valence-corrected chi connectivity index (χ2v) is 4.97. The zero-order valence-electron chi connectivity index (χ0n) is 8.93. The average Bonchev–Trinajstić information content (AvgIpc) is 2.28. The van der Waals surface area contributed by atoms with Gasteiger partial charge in [0, 0.05) is 4.47 Å². The third-order valence-corrected chi connectivity index (χ3v) is 3.43. The normalized spacial score (nSPS) is 13.1. The van der Waals surface area contributed by atoms with Crippen molar-refractivity contribution in [2.24, 2.45) is 0 Å². The lowest BCUT2D eigenvalue weighted by molar-refractivity contribution is -0.0836. The highest BCUT2D eigenvalue weighted by molar-refractivity contribution is 9.10. The minimum atomic E-state index is -4.52. The van der Waals surface area contributed by atoms with Crippen molar-refractivity contribution in [1.82, 2.24) is 0 Å². The van der Waals surface area contributed by atoms with Crippen molar-refractivity contribution < 1.29 is 13.2 Å². The summed E-state index contributed by atoms with van der Waals surface area (Å²) in [5, 5.41) is 0.668. The Morgan fingerprint density at radius 1 is 1.11 bits per heavy atom. The highest BCUT2D eigenvalue weighted by Crippen LogP contribution is 2.33. The van der Waals surface area contributed by atoms with E-state index < -0.39 is 11.2 Å². The Kier molecular flexibility index (Phi) is 3.69. The van der Waals surface area contributed by atoms with Crippen LogP contribution in [-0.4, -0.2) is 6.18 Å². The SMILES string of the molecule is FC(F)(F)C(Cl)=Cc1cc2ccccc2cc1Br. The number of rotatable bonds is 1. The van der Waals surface area contributed by atoms with Gasteiger partial charge in [0.05, 0.1) is 0 Å². The average molecular weight is 336 g/mol. The van der Waals surface area contributed by atoms with Crippen LogP contribution in [0.4, 0.5) is 13.2 Å². The Morgan fingerprint density at radius 3 is 2.22 bits per heavy atom. The van der Waals surface area contributed by atoms with Gasteiger partial charge in [-0.2, -0.15) is 13.2 Å². The summed E-state index contributed by atoms with van der Waals surface area (Å²) in [5.74, 6) is 0. The first-order chi connectivity index (χ1) is 8.38. The Balaban J connectivity index is 2.55. The first-order valence-electron chi connectivity index (χ1n) is 5.00. The monoisotopic (exact) mass is 334 g/mol. The molecule has 0 aliphatic heterocycles. The molecular weight excluding hydrogens is 328 g/mol. The van der Waals surface area contributed by atoms with E-state index in [1.165, 1.54) is 0 Å². The summed E-state index contributed by atoms with van der Waals surface area (Å²) in [6.45, 7) is 0. The van der Waals surface area contributed by atoms with Crippen molar-refractivity contribution in [2.75, 3.05) is 0 Å². The van der Waals surface area contributed by atoms with Gasteiger partial charge >= 0.3 is 6.18 Å². The maximum Gasteiger partial charge on any atom is 0.426 e. The van der Waals surface area contributed by atoms with E-state index >= 15 is 0 Å². The molecule has 2 aromatic rings. The topological polar surface area (TPSA) is 0 Å². The minimum Gasteiger partial charge on any atom is -0.165 e. The smallest absolute Gasteiger partial charge is 0.165 e. The highest BCUT2D eigenvalue weighted by Gasteiger charge is 2.32. The summed E-state index contributed by atoms with van der Waals surface area (Å²) < 4.78 is 37.7. The van der Waals surface area contributed by atoms with E-state index in [9.17, 15) is 13.2 Å². The first kappa shape index (κ1) is 13.4. The standard InChI is InChI=1S/C13H7BrClF3/c14-11-6-9-4-2-1-3-8(9)5-10(11)7-12(15)13(16,17)18/h1-7H. The summed E-state index contributed by atoms with van der Waals surface area (Å²) in [5.41, 5.74) is 0.399. The van der Waals surface area contributed by atoms with Gasteiger partial charge in [-0.15, -0.1) is 0 Å². The lowest BCUT2D eigenvalue weighted by Crippen LogP contribution is -2.06. The molecule has 0 aromatic heterocycles. The zero-order chi connectivity index (χ0) is 13.3. The van der Waals surface area contributed by atoms with E-state index in [0.717, 1.165) is 16.8 Å². The van der Waals surface area contributed by atoms with E-state index in [0.29, 0.717) is 10.0 Å². The maximum atomic E-state index is 12.4. The number of alkyl halides is 3. The summed E-state index contributed by atoms with van der Waals surface area (Å²) in [6, 6.07) is 10.8. The zero-order valence-corrected chi connectivity index (χ0v) is 11.3. The van der Waals surface area contributed by atoms with Crippen LogP contribution in [-0.2, 0) is 0 Å². The quantitative estimate of drug-likeness (QED) is 0.623. The van der Waals surface area contributed by atoms with Gasteiger partial charge in [0.15, 0.2) is 0 Å². The van der Waals surface area contributed by atoms with Crippen molar-refractivity contribution in [2.45, 2.75) is 6.18 Å². The molecule has 0 saturated carbocycles. The van der Waals surface area contributed by atoms with Crippen LogP contribution < -0.4 is 0 Å². The van der Waals surface area contributed by atoms with Crippen LogP contribution >= 0.6 is 27.5 Å². The van der Waals surface area contributed by atoms with E-state index in [4.69, 9.17) is 11.6 Å². The van der Waals surface area contributed by atoms with Gasteiger partial charge in [-0.25, -0.2) is 0 Å². The fraction of sp³-hybridized carbons (Fsp3) is 0.0769. The van der Waals surface area contributed by atoms with Crippen molar-refractivity contribution in [1.29, 1.82) is 0 Å². The van der Waals surface area contributed by atoms with E-state index in [1.807, 2.05) is 24.3 Å². The molecule has 5 heteroatoms. The van der Waals surface area contributed by atoms with Crippen LogP contribution in [0.2, 0.25) is 0 Å². The summed E-state index contributed by atoms with van der Waals surface area (Å²) >= 11 is 8.47. The van der Waals surface area contributed by atoms with Crippen molar-refractivity contribution in [3.05, 3.63) is 51.5 Å². The van der Waals surface area contributed by atoms with E-state index in [1.54, 1.807) is 12.1 Å². The molecule has 0 heterocycles. The van der Waals surface area contributed by atoms with Crippen LogP contribution in [0.5, 0.6) is 0 Å². The van der Waals surface area contributed by atoms with E-state index in [-0.39, 0.29) is 0 Å². The number of allylic oxidation sites excluding steroid dienone is 1. The molecule has 2 aromatic carbocycles. The molecule has 0 amide bonds. The fourth-order valence-corrected chi connectivity index (χ4v) is 2.15. The van der Waals surface area contributed by atoms with E-state index in [2.05, 4.69) is 15.9 Å². The van der Waals surface area contributed by atoms with Crippen molar-refractivity contribution >= 4 is 44.4 Å². The summed E-state index contributed by atoms with van der Waals surface area (Å²) in [6.07, 6.45) is -3.61. The molecule has 0 N–H and O–H groups in total. The first-order valence-corrected chi connectivity index (χ1v) is 6.18. The van der Waals surface area contributed by atoms with Gasteiger partial charge in [0.1, 0.15) is 5.03 Å². The maximum absolute atomic E-state index is 12.4. The van der Waals surface area contributed by atoms with Crippen LogP contribution in [0.15, 0.2) is 45.9 Å². The Hall–Kier alpha value is -1.00. The van der Waals surface area contributed by atoms with Crippen LogP contribution in [0.3, 0.4) is 0 Å². The summed E-state index contributed by atoms with van der Waals surface area (Å²) in [7, 11) is 0. The Morgan fingerprint density at radius 2 is 1.67 bits per heavy atom. The number of hydrogen-bond acceptors (Lipinski definition) is 0. The number of fused-ring (bicyclic) bond motifs is 1. The number of halogens is 5. The molecule has 0 radical (unpaired) electrons. The number of benzene rings is 2. The van der Waals surface area contributed by atoms with Gasteiger partial charge in [-0.1, -0.05) is 51.8 Å². The third-order valence-electron chi connectivity index (χ3n) is 2.42. The summed E-state index contributed by atoms with van der Waals surface area (Å²) in [4.78, 5) is 0. The lowest BCUT2D eigenvalue weighted by Gasteiger charge is -2.07. The lowest BCUT2D eigenvalue weighted by atomic mass is 10.1. The molecule has 0 spiro atoms. The molecule has 0 unspecified atom stereocenters. The number of hydrogen-bond donors (Lipinski definition) is 0. The second-order valence-electron chi connectivity index (χ2n) is 3.71. The molecule has 0 bridgehead atoms. The predicted octanol–water partition coefficient (Wildman–Crippen LogP) is 5.74. The molecule has 0 atom stereocenters. The Bertz CT molecular complexity index is 617. The molecule has 0 aliphatic carbocycles. The van der Waals surface area contributed by atoms with Crippen LogP contribution in [0, 0.1) is 0 Å².